The average Bonchev–Trinajstić information content (AvgIpc) is 3.96. The number of likely N-dealkylation sites (tertiary alicyclic amines) is 1. The van der Waals surface area contributed by atoms with E-state index in [1.165, 1.54) is 0 Å². The van der Waals surface area contributed by atoms with Crippen molar-refractivity contribution in [2.75, 3.05) is 41.0 Å². The van der Waals surface area contributed by atoms with Crippen molar-refractivity contribution in [3.63, 3.8) is 0 Å². The molecule has 1 aliphatic carbocycles. The fourth-order valence-electron chi connectivity index (χ4n) is 7.67. The number of halogens is 1. The molecule has 3 aromatic heterocycles. The number of hydrogen-bond acceptors (Lipinski definition) is 6. The number of nitrogens with one attached hydrogen (secondary N) is 4. The maximum Gasteiger partial charge on any atom is 0.412 e. The molecule has 0 bridgehead atoms. The van der Waals surface area contributed by atoms with Crippen molar-refractivity contribution in [3.8, 4) is 0 Å². The number of rotatable bonds is 9. The van der Waals surface area contributed by atoms with Crippen LogP contribution >= 0.6 is 11.6 Å². The van der Waals surface area contributed by atoms with E-state index in [9.17, 15) is 14.4 Å². The molecule has 0 saturated carbocycles. The summed E-state index contributed by atoms with van der Waals surface area (Å²) in [6.45, 7) is 8.34. The highest BCUT2D eigenvalue weighted by atomic mass is 35.5. The number of amides is 3. The van der Waals surface area contributed by atoms with Crippen molar-refractivity contribution in [2.45, 2.75) is 32.8 Å². The third-order valence-electron chi connectivity index (χ3n) is 10.3. The van der Waals surface area contributed by atoms with Crippen molar-refractivity contribution in [1.82, 2.24) is 14.9 Å². The van der Waals surface area contributed by atoms with E-state index in [2.05, 4.69) is 39.3 Å². The first-order valence-electron chi connectivity index (χ1n) is 17.8. The molecule has 0 radical (unpaired) electrons. The van der Waals surface area contributed by atoms with E-state index in [-0.39, 0.29) is 29.4 Å². The summed E-state index contributed by atoms with van der Waals surface area (Å²) in [5.41, 5.74) is 7.50. The molecule has 3 aromatic carbocycles. The molecule has 11 nitrogen and oxygen atoms in total. The van der Waals surface area contributed by atoms with E-state index in [1.54, 1.807) is 35.2 Å². The fourth-order valence-corrected chi connectivity index (χ4v) is 7.94. The Morgan fingerprint density at radius 1 is 0.962 bits per heavy atom. The number of nitrogens with zero attached hydrogens (tertiary/aromatic N) is 2. The van der Waals surface area contributed by atoms with Gasteiger partial charge in [-0.05, 0) is 92.6 Å². The van der Waals surface area contributed by atoms with Crippen LogP contribution in [0.3, 0.4) is 0 Å². The number of aryl methyl sites for hydroxylation is 1. The van der Waals surface area contributed by atoms with Crippen molar-refractivity contribution in [1.29, 1.82) is 0 Å². The second-order valence-corrected chi connectivity index (χ2v) is 13.8. The normalized spacial score (nSPS) is 17.7. The van der Waals surface area contributed by atoms with Crippen LogP contribution in [0.5, 0.6) is 0 Å². The molecule has 1 saturated heterocycles. The van der Waals surface area contributed by atoms with E-state index in [0.717, 1.165) is 57.6 Å². The lowest BCUT2D eigenvalue weighted by atomic mass is 9.81. The van der Waals surface area contributed by atoms with Crippen LogP contribution in [0, 0.1) is 12.8 Å². The van der Waals surface area contributed by atoms with Crippen LogP contribution < -0.4 is 15.5 Å². The minimum absolute atomic E-state index is 0.0486. The van der Waals surface area contributed by atoms with Gasteiger partial charge in [0.2, 0.25) is 0 Å². The van der Waals surface area contributed by atoms with E-state index >= 15 is 0 Å². The molecule has 53 heavy (non-hydrogen) atoms. The van der Waals surface area contributed by atoms with Gasteiger partial charge in [0.1, 0.15) is 11.3 Å². The molecule has 8 rings (SSSR count). The highest BCUT2D eigenvalue weighted by Crippen LogP contribution is 2.50. The van der Waals surface area contributed by atoms with Gasteiger partial charge in [0.15, 0.2) is 11.9 Å². The van der Waals surface area contributed by atoms with Gasteiger partial charge in [0, 0.05) is 88.7 Å². The molecule has 3 amide bonds. The lowest BCUT2D eigenvalue weighted by molar-refractivity contribution is 0.0811. The number of aromatic nitrogens is 2. The van der Waals surface area contributed by atoms with Crippen LogP contribution in [0.15, 0.2) is 101 Å². The number of H-pyrrole nitrogens is 2. The molecule has 2 aliphatic rings. The number of carbonyl (C=O) groups is 3. The first kappa shape index (κ1) is 34.2. The number of fused-ring (bicyclic) bond motifs is 5. The second-order valence-electron chi connectivity index (χ2n) is 13.5. The van der Waals surface area contributed by atoms with Crippen LogP contribution in [-0.4, -0.2) is 58.3 Å². The number of ether oxygens (including phenoxy) is 1. The first-order valence-corrected chi connectivity index (χ1v) is 18.3. The van der Waals surface area contributed by atoms with E-state index in [1.807, 2.05) is 67.7 Å². The number of aromatic amines is 2. The predicted molar refractivity (Wildman–Crippen MR) is 207 cm³/mol. The Balaban J connectivity index is 1.03. The van der Waals surface area contributed by atoms with E-state index < -0.39 is 12.2 Å². The number of para-hydroxylation sites is 1. The standard InChI is InChI=1S/C41H39ClN6O5/c1-4-47(5-2)29-13-11-24-17-35(52-33(24)18-29)39(49)44-28-12-14-30-25(15-28)16-31(46-30)40(50)48-22-26(20-42)37-32(48)19-34(38-36(37)23(3)21-43-38)53-41(51)45-27-9-7-6-8-10-27/h6-19,21,26,34,37,43,46H,4-5,20,22H2,1-3H3,(H,44,49)(H,45,51)/t26-,34?,37?/m1/s1. The van der Waals surface area contributed by atoms with Gasteiger partial charge in [-0.2, -0.15) is 0 Å². The zero-order valence-corrected chi connectivity index (χ0v) is 30.3. The largest absolute Gasteiger partial charge is 0.451 e. The number of allylic oxidation sites excluding steroid dienone is 1. The SMILES string of the molecule is CCN(CC)c1ccc2cc(C(=O)Nc3ccc4[nH]c(C(=O)N5C[C@@H](CCl)C6C5=CC(OC(=O)Nc5ccccc5)c5[nH]cc(C)c56)cc4c3)oc2c1. The Morgan fingerprint density at radius 2 is 1.77 bits per heavy atom. The summed E-state index contributed by atoms with van der Waals surface area (Å²) in [5.74, 6) is -0.249. The molecule has 1 aliphatic heterocycles. The van der Waals surface area contributed by atoms with Gasteiger partial charge in [-0.25, -0.2) is 4.79 Å². The van der Waals surface area contributed by atoms with Crippen molar-refractivity contribution < 1.29 is 23.5 Å². The summed E-state index contributed by atoms with van der Waals surface area (Å²) >= 11 is 6.54. The van der Waals surface area contributed by atoms with Gasteiger partial charge in [-0.1, -0.05) is 18.2 Å². The lowest BCUT2D eigenvalue weighted by Crippen LogP contribution is -2.30. The summed E-state index contributed by atoms with van der Waals surface area (Å²) in [7, 11) is 0. The monoisotopic (exact) mass is 730 g/mol. The minimum atomic E-state index is -0.747. The summed E-state index contributed by atoms with van der Waals surface area (Å²) in [5, 5.41) is 7.32. The third kappa shape index (κ3) is 6.31. The zero-order valence-electron chi connectivity index (χ0n) is 29.5. The quantitative estimate of drug-likeness (QED) is 0.110. The number of hydrogen-bond donors (Lipinski definition) is 4. The maximum absolute atomic E-state index is 14.3. The third-order valence-corrected chi connectivity index (χ3v) is 10.7. The van der Waals surface area contributed by atoms with Crippen molar-refractivity contribution in [3.05, 3.63) is 125 Å². The van der Waals surface area contributed by atoms with Gasteiger partial charge in [-0.3, -0.25) is 14.9 Å². The number of alkyl halides is 1. The predicted octanol–water partition coefficient (Wildman–Crippen LogP) is 8.93. The fraction of sp³-hybridized carbons (Fsp3) is 0.244. The van der Waals surface area contributed by atoms with E-state index in [4.69, 9.17) is 20.8 Å². The molecule has 2 unspecified atom stereocenters. The number of furan rings is 1. The number of anilines is 3. The van der Waals surface area contributed by atoms with Crippen molar-refractivity contribution in [2.24, 2.45) is 5.92 Å². The Bertz CT molecular complexity index is 2390. The molecular weight excluding hydrogens is 692 g/mol. The minimum Gasteiger partial charge on any atom is -0.451 e. The highest BCUT2D eigenvalue weighted by Gasteiger charge is 2.46. The average molecular weight is 731 g/mol. The molecule has 1 fully saturated rings. The van der Waals surface area contributed by atoms with Crippen LogP contribution in [0.4, 0.5) is 21.9 Å². The van der Waals surface area contributed by atoms with Gasteiger partial charge >= 0.3 is 6.09 Å². The summed E-state index contributed by atoms with van der Waals surface area (Å²) in [4.78, 5) is 51.1. The lowest BCUT2D eigenvalue weighted by Gasteiger charge is -2.29. The summed E-state index contributed by atoms with van der Waals surface area (Å²) in [6.07, 6.45) is 2.39. The number of carbonyl (C=O) groups excluding carboxylic acids is 3. The Kier molecular flexibility index (Phi) is 8.95. The van der Waals surface area contributed by atoms with Crippen LogP contribution in [-0.2, 0) is 4.74 Å². The van der Waals surface area contributed by atoms with E-state index in [0.29, 0.717) is 35.1 Å². The zero-order chi connectivity index (χ0) is 36.8. The summed E-state index contributed by atoms with van der Waals surface area (Å²) in [6, 6.07) is 24.0. The molecule has 12 heteroatoms. The molecule has 0 spiro atoms. The molecule has 3 atom stereocenters. The Hall–Kier alpha value is -5.94. The van der Waals surface area contributed by atoms with Crippen LogP contribution in [0.1, 0.15) is 63.7 Å². The van der Waals surface area contributed by atoms with Gasteiger partial charge in [0.25, 0.3) is 11.8 Å². The molecule has 4 N–H and O–H groups in total. The number of benzene rings is 3. The Morgan fingerprint density at radius 3 is 2.55 bits per heavy atom. The van der Waals surface area contributed by atoms with Crippen LogP contribution in [0.25, 0.3) is 21.9 Å². The molecule has 6 aromatic rings. The maximum atomic E-state index is 14.3. The topological polar surface area (TPSA) is 136 Å². The van der Waals surface area contributed by atoms with Gasteiger partial charge in [0.05, 0.1) is 5.69 Å². The van der Waals surface area contributed by atoms with Crippen LogP contribution in [0.2, 0.25) is 0 Å². The van der Waals surface area contributed by atoms with Gasteiger partial charge < -0.3 is 34.2 Å². The second kappa shape index (κ2) is 13.9. The molecular formula is C41H39ClN6O5. The molecule has 4 heterocycles. The highest BCUT2D eigenvalue weighted by molar-refractivity contribution is 6.18. The summed E-state index contributed by atoms with van der Waals surface area (Å²) < 4.78 is 11.9. The van der Waals surface area contributed by atoms with Gasteiger partial charge in [-0.15, -0.1) is 11.6 Å². The molecule has 270 valence electrons. The first-order chi connectivity index (χ1) is 25.7. The smallest absolute Gasteiger partial charge is 0.412 e. The van der Waals surface area contributed by atoms with Crippen molar-refractivity contribution >= 4 is 68.4 Å². The Labute approximate surface area is 310 Å².